The molecule has 0 radical (unpaired) electrons. The maximum atomic E-state index is 13.5. The van der Waals surface area contributed by atoms with Crippen molar-refractivity contribution in [2.75, 3.05) is 0 Å². The Balaban J connectivity index is 0.000000785. The fraction of sp³-hybridized carbons (Fsp3) is 0.617. The van der Waals surface area contributed by atoms with E-state index in [2.05, 4.69) is 113 Å². The molecule has 112 heavy (non-hydrogen) atoms. The summed E-state index contributed by atoms with van der Waals surface area (Å²) in [4.78, 5) is 92.7. The molecule has 0 saturated heterocycles. The minimum atomic E-state index is -1.36. The second kappa shape index (κ2) is 52.0. The number of aromatic nitrogens is 3. The second-order valence-electron chi connectivity index (χ2n) is 33.6. The van der Waals surface area contributed by atoms with Crippen molar-refractivity contribution in [1.29, 1.82) is 0 Å². The molecular weight excluding hydrogens is 1580 g/mol. The van der Waals surface area contributed by atoms with Gasteiger partial charge in [0.25, 0.3) is 0 Å². The van der Waals surface area contributed by atoms with Crippen LogP contribution in [-0.4, -0.2) is 73.1 Å². The van der Waals surface area contributed by atoms with Gasteiger partial charge in [0.05, 0.1) is 32.1 Å². The number of esters is 3. The Bertz CT molecular complexity index is 3710. The van der Waals surface area contributed by atoms with Crippen LogP contribution >= 0.6 is 53.4 Å². The Labute approximate surface area is 705 Å². The van der Waals surface area contributed by atoms with Gasteiger partial charge in [0, 0.05) is 88.7 Å². The van der Waals surface area contributed by atoms with Crippen LogP contribution in [0.4, 0.5) is 0 Å². The molecule has 0 bridgehead atoms. The third kappa shape index (κ3) is 36.3. The average Bonchev–Trinajstić information content (AvgIpc) is 1.52. The van der Waals surface area contributed by atoms with E-state index in [1.54, 1.807) is 40.1 Å². The molecule has 15 atom stereocenters. The van der Waals surface area contributed by atoms with E-state index in [-0.39, 0.29) is 127 Å². The summed E-state index contributed by atoms with van der Waals surface area (Å²) in [5, 5.41) is 9.04. The number of carbonyl (C=O) groups is 6. The molecule has 3 aliphatic rings. The molecule has 18 heteroatoms. The number of carbonyl (C=O) groups excluding carboxylic acids is 6. The molecule has 0 amide bonds. The fourth-order valence-electron chi connectivity index (χ4n) is 13.5. The van der Waals surface area contributed by atoms with Crippen molar-refractivity contribution >= 4 is 111 Å². The van der Waals surface area contributed by atoms with Crippen LogP contribution < -0.4 is 0 Å². The van der Waals surface area contributed by atoms with E-state index >= 15 is 0 Å². The number of cyclic esters (lactones) is 2. The van der Waals surface area contributed by atoms with Gasteiger partial charge in [0.15, 0.2) is 0 Å². The molecule has 5 heterocycles. The van der Waals surface area contributed by atoms with Crippen molar-refractivity contribution in [2.24, 2.45) is 87.3 Å². The summed E-state index contributed by atoms with van der Waals surface area (Å²) in [6.07, 6.45) is 34.5. The number of hydrogen-bond acceptors (Lipinski definition) is 15. The molecule has 3 aromatic rings. The fourth-order valence-corrected chi connectivity index (χ4v) is 15.2. The van der Waals surface area contributed by atoms with Crippen LogP contribution in [0.3, 0.4) is 0 Å². The van der Waals surface area contributed by atoms with Gasteiger partial charge in [0.2, 0.25) is 0 Å². The monoisotopic (exact) mass is 1730 g/mol. The molecule has 1 aliphatic carbocycles. The van der Waals surface area contributed by atoms with Crippen LogP contribution in [0.5, 0.6) is 0 Å². The van der Waals surface area contributed by atoms with E-state index in [9.17, 15) is 28.8 Å². The minimum absolute atomic E-state index is 0. The summed E-state index contributed by atoms with van der Waals surface area (Å²) >= 11 is 3.44. The molecule has 0 aromatic carbocycles. The molecule has 1 fully saturated rings. The molecule has 0 N–H and O–H groups in total. The van der Waals surface area contributed by atoms with E-state index in [0.29, 0.717) is 37.0 Å². The standard InChI is InChI=1S/C31H47NO3S.C29H43NO3S.C26H39NO3S.C5H9.C2H4.CH3.2ClH.Ru/c1-12-14-21(4)24(7)25(8)30(34)31(10,11)23(6)18-29(33)35-28(16-15-20(3)13-2)22(5)17-27-19-36-26(9)32-27;1-18-11-10-12-19(2)22(5)23(6)28(32)29(8,9)21(4)16-27(31)33-26(14-13-18)20(3)15-25-17-34-24(7)30-25;1-16-11-9-10-12-23(17(2)13-22-15-31-21(6)27-22)30-24(28)14-18(3)26(7,8)25(29)20(5)19(16)4;1-2-4-5-3-1;1-2;;;;/h12-13,15,17,19,21,23-25,28H,1-2,14,16,18H2,3-11H3;10-11,13,15,17,19,21-23,26H,12,14,16H2,1-9H3;9-10,13,15-16,18-20,23H,11-12,14H2,1-8H3;1H,2-5H2;1H,2H3;1H3;2*1H;/q;;;-1;;-1;;;+2/p-2/b20-15-,22-17+;11-10+,18-13-,20-15+;10-9+,17-13+;;;;;;/t21-,23-,24-,25+,28-;19-,21-,22-,23+,26-;16-,18-,19-,20+,23-;;;;;;/m000....../s1. The number of thiazole rings is 3. The number of halogens is 2. The van der Waals surface area contributed by atoms with Crippen molar-refractivity contribution in [1.82, 2.24) is 15.0 Å². The first-order valence-corrected chi connectivity index (χ1v) is 48.4. The van der Waals surface area contributed by atoms with Crippen LogP contribution in [0.15, 0.2) is 106 Å². The number of Topliss-reactive ketones (excluding diaryl/α,β-unsaturated/α-hetero) is 3. The average molecular weight is 1730 g/mol. The Morgan fingerprint density at radius 2 is 1.09 bits per heavy atom. The van der Waals surface area contributed by atoms with Crippen LogP contribution in [0.1, 0.15) is 282 Å². The van der Waals surface area contributed by atoms with Gasteiger partial charge in [0.1, 0.15) is 35.7 Å². The summed E-state index contributed by atoms with van der Waals surface area (Å²) in [5.41, 5.74) is 5.89. The Morgan fingerprint density at radius 3 is 1.48 bits per heavy atom. The van der Waals surface area contributed by atoms with Gasteiger partial charge in [-0.2, -0.15) is 12.8 Å². The van der Waals surface area contributed by atoms with Gasteiger partial charge >= 0.3 is 62.3 Å². The number of aryl methyl sites for hydroxylation is 3. The molecule has 2 aliphatic heterocycles. The van der Waals surface area contributed by atoms with Crippen molar-refractivity contribution in [3.05, 3.63) is 152 Å². The largest absolute Gasteiger partial charge is 0.358 e. The molecule has 0 spiro atoms. The predicted octanol–water partition coefficient (Wildman–Crippen LogP) is 26.6. The number of allylic oxidation sites excluding steroid dienone is 7. The zero-order valence-electron chi connectivity index (χ0n) is 73.9. The van der Waals surface area contributed by atoms with Gasteiger partial charge in [-0.3, -0.25) is 28.8 Å². The Morgan fingerprint density at radius 1 is 0.670 bits per heavy atom. The van der Waals surface area contributed by atoms with Crippen molar-refractivity contribution in [3.8, 4) is 0 Å². The van der Waals surface area contributed by atoms with E-state index in [1.807, 2.05) is 190 Å². The van der Waals surface area contributed by atoms with Gasteiger partial charge in [-0.25, -0.2) is 15.0 Å². The molecule has 12 nitrogen and oxygen atoms in total. The first-order valence-electron chi connectivity index (χ1n) is 40.3. The quantitative estimate of drug-likeness (QED) is 0.0278. The van der Waals surface area contributed by atoms with Crippen molar-refractivity contribution in [3.63, 3.8) is 0 Å². The van der Waals surface area contributed by atoms with E-state index in [1.165, 1.54) is 25.7 Å². The third-order valence-corrected chi connectivity index (χ3v) is 29.0. The number of ether oxygens (including phenoxy) is 3. The zero-order valence-corrected chi connectivity index (χ0v) is 79.6. The van der Waals surface area contributed by atoms with E-state index in [0.717, 1.165) is 79.2 Å². The number of ketones is 3. The number of hydrogen-bond donors (Lipinski definition) is 0. The predicted molar refractivity (Wildman–Crippen MR) is 478 cm³/mol. The maximum Gasteiger partial charge on any atom is -0.0829 e. The normalized spacial score (nSPS) is 25.8. The minimum Gasteiger partial charge on any atom is -0.358 e. The zero-order chi connectivity index (χ0) is 84.4. The van der Waals surface area contributed by atoms with Gasteiger partial charge in [-0.15, -0.1) is 40.6 Å². The summed E-state index contributed by atoms with van der Waals surface area (Å²) in [6.45, 7) is 62.4. The van der Waals surface area contributed by atoms with Gasteiger partial charge < -0.3 is 28.1 Å². The topological polar surface area (TPSA) is 169 Å². The van der Waals surface area contributed by atoms with Crippen molar-refractivity contribution in [2.45, 2.75) is 289 Å². The maximum absolute atomic E-state index is 13.5. The summed E-state index contributed by atoms with van der Waals surface area (Å²) in [5.74, 6) is 1.24. The summed E-state index contributed by atoms with van der Waals surface area (Å²) in [6, 6.07) is 0. The number of nitrogens with zero attached hydrogens (tertiary/aromatic N) is 3. The molecule has 6 rings (SSSR count). The van der Waals surface area contributed by atoms with Crippen LogP contribution in [0, 0.1) is 122 Å². The molecule has 1 saturated carbocycles. The first kappa shape index (κ1) is 105. The van der Waals surface area contributed by atoms with Crippen LogP contribution in [-0.2, 0) is 56.5 Å². The third-order valence-electron chi connectivity index (χ3n) is 24.0. The SMILES string of the molecule is C/C(=C\c1csc(C)n1)[C@@H]1C/C=C/C[C@H](C)[C@H](C)[C@@H](C)C(=O)C(C)(C)[C@@H](C)CC(=O)O1.C=CC[C@H](C)[C@H](C)[C@@H](C)C(=O)C(C)(C)[C@@H](C)CC(=O)O[C@@H](C/C=C(/C)C=C)/C(C)=C/c1csc(C)n1.CC1=C/C[C@@H](/C(C)=C/c2csc(C)n2)OC(=O)C[C@H](C)C(C)(C)C(=O)[C@H](C)[C@@H](C)[C@@H](C)C\C=C\1.C[CH]=[Ru]([Cl])[Cl].[CH-]1CCCC1.[CH3-]. The molecule has 3 aromatic heterocycles. The summed E-state index contributed by atoms with van der Waals surface area (Å²) in [7, 11) is 10.6. The van der Waals surface area contributed by atoms with E-state index < -0.39 is 35.9 Å². The van der Waals surface area contributed by atoms with E-state index in [4.69, 9.17) is 33.6 Å². The van der Waals surface area contributed by atoms with Gasteiger partial charge in [-0.05, 0) is 163 Å². The van der Waals surface area contributed by atoms with Crippen LogP contribution in [0.25, 0.3) is 18.2 Å². The Kier molecular flexibility index (Phi) is 48.8. The smallest absolute Gasteiger partial charge is 0.0829 e. The van der Waals surface area contributed by atoms with Crippen LogP contribution in [0.2, 0.25) is 0 Å². The van der Waals surface area contributed by atoms with Gasteiger partial charge in [-0.1, -0.05) is 204 Å². The number of rotatable bonds is 19. The van der Waals surface area contributed by atoms with Crippen molar-refractivity contribution < 1.29 is 56.5 Å². The Hall–Kier alpha value is -4.96. The molecule has 0 unspecified atom stereocenters. The summed E-state index contributed by atoms with van der Waals surface area (Å²) < 4.78 is 19.7. The molecular formula is C94H145Cl2N3O9RuS3-2. The molecule has 632 valence electrons. The first-order chi connectivity index (χ1) is 51.8. The second-order valence-corrected chi connectivity index (χ2v) is 43.0.